The second kappa shape index (κ2) is 7.04. The van der Waals surface area contributed by atoms with Gasteiger partial charge in [0, 0.05) is 30.7 Å². The van der Waals surface area contributed by atoms with Gasteiger partial charge in [0.05, 0.1) is 0 Å². The summed E-state index contributed by atoms with van der Waals surface area (Å²) in [6.07, 6.45) is 2.48. The Hall–Kier alpha value is -3.08. The molecule has 0 radical (unpaired) electrons. The molecule has 132 valence electrons. The van der Waals surface area contributed by atoms with E-state index in [1.807, 2.05) is 24.3 Å². The van der Waals surface area contributed by atoms with Crippen molar-refractivity contribution in [1.82, 2.24) is 5.32 Å². The third kappa shape index (κ3) is 3.33. The number of para-hydroxylation sites is 1. The largest absolute Gasteiger partial charge is 0.422 e. The van der Waals surface area contributed by atoms with Gasteiger partial charge in [0.2, 0.25) is 0 Å². The van der Waals surface area contributed by atoms with E-state index >= 15 is 0 Å². The Balaban J connectivity index is 1.45. The number of nitrogens with zero attached hydrogens (tertiary/aromatic N) is 1. The van der Waals surface area contributed by atoms with E-state index in [9.17, 15) is 9.59 Å². The molecule has 1 saturated heterocycles. The quantitative estimate of drug-likeness (QED) is 0.735. The Morgan fingerprint density at radius 1 is 1.04 bits per heavy atom. The SMILES string of the molecule is O=C(NCc1ccc(N2CCCC2)cc1)c1cc2ccccc2oc1=O. The fourth-order valence-corrected chi connectivity index (χ4v) is 3.30. The van der Waals surface area contributed by atoms with Gasteiger partial charge in [0.25, 0.3) is 5.91 Å². The molecule has 0 aliphatic carbocycles. The average molecular weight is 348 g/mol. The van der Waals surface area contributed by atoms with E-state index in [1.54, 1.807) is 18.2 Å². The Morgan fingerprint density at radius 2 is 1.77 bits per heavy atom. The van der Waals surface area contributed by atoms with Crippen molar-refractivity contribution < 1.29 is 9.21 Å². The van der Waals surface area contributed by atoms with E-state index in [4.69, 9.17) is 4.42 Å². The smallest absolute Gasteiger partial charge is 0.349 e. The van der Waals surface area contributed by atoms with Crippen LogP contribution in [0.25, 0.3) is 11.0 Å². The lowest BCUT2D eigenvalue weighted by Gasteiger charge is -2.17. The highest BCUT2D eigenvalue weighted by Gasteiger charge is 2.14. The van der Waals surface area contributed by atoms with Gasteiger partial charge in [-0.05, 0) is 42.7 Å². The van der Waals surface area contributed by atoms with Gasteiger partial charge < -0.3 is 14.6 Å². The van der Waals surface area contributed by atoms with Crippen molar-refractivity contribution >= 4 is 22.6 Å². The topological polar surface area (TPSA) is 62.6 Å². The molecule has 3 aromatic rings. The van der Waals surface area contributed by atoms with E-state index in [1.165, 1.54) is 18.5 Å². The van der Waals surface area contributed by atoms with E-state index in [-0.39, 0.29) is 5.56 Å². The molecule has 0 bridgehead atoms. The van der Waals surface area contributed by atoms with E-state index in [0.717, 1.165) is 24.0 Å². The van der Waals surface area contributed by atoms with Gasteiger partial charge >= 0.3 is 5.63 Å². The summed E-state index contributed by atoms with van der Waals surface area (Å²) >= 11 is 0. The summed E-state index contributed by atoms with van der Waals surface area (Å²) in [5, 5.41) is 3.53. The normalized spacial score (nSPS) is 13.9. The number of carbonyl (C=O) groups excluding carboxylic acids is 1. The number of benzene rings is 2. The molecule has 1 aromatic heterocycles. The molecule has 0 saturated carbocycles. The molecular formula is C21H20N2O3. The first-order valence-corrected chi connectivity index (χ1v) is 8.86. The first-order chi connectivity index (χ1) is 12.7. The summed E-state index contributed by atoms with van der Waals surface area (Å²) in [5.74, 6) is -0.423. The zero-order valence-corrected chi connectivity index (χ0v) is 14.4. The van der Waals surface area contributed by atoms with Crippen LogP contribution in [0.1, 0.15) is 28.8 Å². The highest BCUT2D eigenvalue weighted by atomic mass is 16.4. The zero-order valence-electron chi connectivity index (χ0n) is 14.4. The minimum absolute atomic E-state index is 0.0254. The van der Waals surface area contributed by atoms with Gasteiger partial charge in [0.1, 0.15) is 11.1 Å². The fraction of sp³-hybridized carbons (Fsp3) is 0.238. The summed E-state index contributed by atoms with van der Waals surface area (Å²) in [4.78, 5) is 26.8. The van der Waals surface area contributed by atoms with Gasteiger partial charge in [-0.1, -0.05) is 30.3 Å². The number of nitrogens with one attached hydrogen (secondary N) is 1. The van der Waals surface area contributed by atoms with Crippen molar-refractivity contribution in [3.8, 4) is 0 Å². The molecule has 1 fully saturated rings. The van der Waals surface area contributed by atoms with Crippen molar-refractivity contribution in [2.24, 2.45) is 0 Å². The first kappa shape index (κ1) is 16.4. The lowest BCUT2D eigenvalue weighted by molar-refractivity contribution is 0.0947. The third-order valence-corrected chi connectivity index (χ3v) is 4.75. The van der Waals surface area contributed by atoms with E-state index < -0.39 is 11.5 Å². The van der Waals surface area contributed by atoms with Crippen LogP contribution in [0, 0.1) is 0 Å². The standard InChI is InChI=1S/C21H20N2O3/c24-20(18-13-16-5-1-2-6-19(16)26-21(18)25)22-14-15-7-9-17(10-8-15)23-11-3-4-12-23/h1-2,5-10,13H,3-4,11-12,14H2,(H,22,24). The molecular weight excluding hydrogens is 328 g/mol. The van der Waals surface area contributed by atoms with Crippen LogP contribution in [0.5, 0.6) is 0 Å². The van der Waals surface area contributed by atoms with Crippen molar-refractivity contribution in [3.05, 3.63) is 76.1 Å². The predicted molar refractivity (Wildman–Crippen MR) is 102 cm³/mol. The maximum atomic E-state index is 12.4. The van der Waals surface area contributed by atoms with Crippen LogP contribution >= 0.6 is 0 Å². The fourth-order valence-electron chi connectivity index (χ4n) is 3.30. The zero-order chi connectivity index (χ0) is 17.9. The van der Waals surface area contributed by atoms with Crippen molar-refractivity contribution in [1.29, 1.82) is 0 Å². The molecule has 1 N–H and O–H groups in total. The van der Waals surface area contributed by atoms with Crippen LogP contribution in [0.4, 0.5) is 5.69 Å². The predicted octanol–water partition coefficient (Wildman–Crippen LogP) is 3.32. The number of hydrogen-bond acceptors (Lipinski definition) is 4. The highest BCUT2D eigenvalue weighted by molar-refractivity contribution is 5.96. The van der Waals surface area contributed by atoms with Crippen LogP contribution in [0.3, 0.4) is 0 Å². The molecule has 1 aliphatic rings. The average Bonchev–Trinajstić information content (AvgIpc) is 3.21. The van der Waals surface area contributed by atoms with Gasteiger partial charge in [-0.25, -0.2) is 4.79 Å². The van der Waals surface area contributed by atoms with Crippen LogP contribution in [0.15, 0.2) is 63.8 Å². The molecule has 5 nitrogen and oxygen atoms in total. The Labute approximate surface area is 151 Å². The molecule has 2 heterocycles. The number of rotatable bonds is 4. The second-order valence-corrected chi connectivity index (χ2v) is 6.53. The maximum absolute atomic E-state index is 12.4. The molecule has 2 aromatic carbocycles. The van der Waals surface area contributed by atoms with Gasteiger partial charge in [0.15, 0.2) is 0 Å². The van der Waals surface area contributed by atoms with Gasteiger partial charge in [-0.15, -0.1) is 0 Å². The molecule has 26 heavy (non-hydrogen) atoms. The van der Waals surface area contributed by atoms with Crippen molar-refractivity contribution in [3.63, 3.8) is 0 Å². The number of fused-ring (bicyclic) bond motifs is 1. The molecule has 0 spiro atoms. The summed E-state index contributed by atoms with van der Waals surface area (Å²) in [5.41, 5.74) is 2.09. The molecule has 0 unspecified atom stereocenters. The number of anilines is 1. The minimum Gasteiger partial charge on any atom is -0.422 e. The van der Waals surface area contributed by atoms with Gasteiger partial charge in [-0.3, -0.25) is 4.79 Å². The summed E-state index contributed by atoms with van der Waals surface area (Å²) in [7, 11) is 0. The van der Waals surface area contributed by atoms with Gasteiger partial charge in [-0.2, -0.15) is 0 Å². The van der Waals surface area contributed by atoms with E-state index in [2.05, 4.69) is 22.3 Å². The Morgan fingerprint density at radius 3 is 2.54 bits per heavy atom. The molecule has 1 aliphatic heterocycles. The van der Waals surface area contributed by atoms with Crippen molar-refractivity contribution in [2.75, 3.05) is 18.0 Å². The highest BCUT2D eigenvalue weighted by Crippen LogP contribution is 2.20. The maximum Gasteiger partial charge on any atom is 0.349 e. The second-order valence-electron chi connectivity index (χ2n) is 6.53. The molecule has 0 atom stereocenters. The lowest BCUT2D eigenvalue weighted by Crippen LogP contribution is -2.27. The number of carbonyl (C=O) groups is 1. The van der Waals surface area contributed by atoms with E-state index in [0.29, 0.717) is 12.1 Å². The molecule has 1 amide bonds. The first-order valence-electron chi connectivity index (χ1n) is 8.86. The minimum atomic E-state index is -0.620. The van der Waals surface area contributed by atoms with Crippen LogP contribution in [-0.2, 0) is 6.54 Å². The van der Waals surface area contributed by atoms with Crippen LogP contribution in [0.2, 0.25) is 0 Å². The van der Waals surface area contributed by atoms with Crippen molar-refractivity contribution in [2.45, 2.75) is 19.4 Å². The number of amides is 1. The van der Waals surface area contributed by atoms with Crippen LogP contribution < -0.4 is 15.8 Å². The lowest BCUT2D eigenvalue weighted by atomic mass is 10.1. The number of hydrogen-bond donors (Lipinski definition) is 1. The third-order valence-electron chi connectivity index (χ3n) is 4.75. The summed E-state index contributed by atoms with van der Waals surface area (Å²) < 4.78 is 5.22. The Kier molecular flexibility index (Phi) is 4.44. The summed E-state index contributed by atoms with van der Waals surface area (Å²) in [6.45, 7) is 2.58. The monoisotopic (exact) mass is 348 g/mol. The summed E-state index contributed by atoms with van der Waals surface area (Å²) in [6, 6.07) is 16.9. The Bertz CT molecular complexity index is 986. The van der Waals surface area contributed by atoms with Crippen LogP contribution in [-0.4, -0.2) is 19.0 Å². The molecule has 5 heteroatoms. The molecule has 4 rings (SSSR count).